The van der Waals surface area contributed by atoms with Crippen LogP contribution in [0.2, 0.25) is 0 Å². The van der Waals surface area contributed by atoms with Gasteiger partial charge in [-0.05, 0) is 37.7 Å². The monoisotopic (exact) mass is 443 g/mol. The van der Waals surface area contributed by atoms with Crippen LogP contribution in [0, 0.1) is 5.92 Å². The van der Waals surface area contributed by atoms with Gasteiger partial charge in [0.1, 0.15) is 5.69 Å². The number of hydrogen-bond donors (Lipinski definition) is 0. The van der Waals surface area contributed by atoms with Crippen molar-refractivity contribution >= 4 is 11.9 Å². The molecule has 1 amide bonds. The Bertz CT molecular complexity index is 1090. The summed E-state index contributed by atoms with van der Waals surface area (Å²) in [5.41, 5.74) is 3.39. The Hall–Kier alpha value is -3.42. The van der Waals surface area contributed by atoms with Gasteiger partial charge in [-0.2, -0.15) is 0 Å². The molecule has 0 saturated carbocycles. The van der Waals surface area contributed by atoms with Crippen molar-refractivity contribution in [1.82, 2.24) is 29.8 Å². The van der Waals surface area contributed by atoms with Crippen LogP contribution in [0.5, 0.6) is 0 Å². The van der Waals surface area contributed by atoms with Gasteiger partial charge in [-0.15, -0.1) is 0 Å². The number of hydrogen-bond acceptors (Lipinski definition) is 7. The molecule has 0 radical (unpaired) electrons. The Morgan fingerprint density at radius 2 is 1.85 bits per heavy atom. The summed E-state index contributed by atoms with van der Waals surface area (Å²) < 4.78 is 0. The van der Waals surface area contributed by atoms with E-state index in [0.717, 1.165) is 61.7 Å². The lowest BCUT2D eigenvalue weighted by molar-refractivity contribution is 0.0699. The maximum atomic E-state index is 13.1. The second-order valence-electron chi connectivity index (χ2n) is 9.09. The Labute approximate surface area is 194 Å². The summed E-state index contributed by atoms with van der Waals surface area (Å²) in [6.07, 6.45) is 14.6. The highest BCUT2D eigenvalue weighted by Gasteiger charge is 2.30. The van der Waals surface area contributed by atoms with E-state index in [2.05, 4.69) is 26.8 Å². The Balaban J connectivity index is 1.48. The lowest BCUT2D eigenvalue weighted by Crippen LogP contribution is -2.40. The van der Waals surface area contributed by atoms with Crippen molar-refractivity contribution < 1.29 is 4.79 Å². The summed E-state index contributed by atoms with van der Waals surface area (Å²) in [7, 11) is 0. The quantitative estimate of drug-likeness (QED) is 0.609. The van der Waals surface area contributed by atoms with Gasteiger partial charge in [0, 0.05) is 74.2 Å². The molecule has 8 nitrogen and oxygen atoms in total. The summed E-state index contributed by atoms with van der Waals surface area (Å²) in [6.45, 7) is 5.57. The first kappa shape index (κ1) is 21.4. The van der Waals surface area contributed by atoms with Crippen molar-refractivity contribution in [2.45, 2.75) is 38.5 Å². The zero-order chi connectivity index (χ0) is 22.6. The second-order valence-corrected chi connectivity index (χ2v) is 9.09. The predicted octanol–water partition coefficient (Wildman–Crippen LogP) is 3.58. The number of piperidine rings is 2. The lowest BCUT2D eigenvalue weighted by Gasteiger charge is -2.34. The minimum atomic E-state index is -0.0742. The Kier molecular flexibility index (Phi) is 6.24. The standard InChI is InChI=1S/C25H29N7O/c1-18-5-3-12-32(16-18)25-29-14-21(19-6-2-8-26-13-19)23(30-25)20-7-4-11-31(17-20)24(33)22-15-27-9-10-28-22/h2,6,8-10,13-15,18,20H,3-5,7,11-12,16-17H2,1H3. The van der Waals surface area contributed by atoms with E-state index < -0.39 is 0 Å². The lowest BCUT2D eigenvalue weighted by atomic mass is 9.90. The molecule has 8 heteroatoms. The fourth-order valence-corrected chi connectivity index (χ4v) is 4.92. The molecule has 2 saturated heterocycles. The van der Waals surface area contributed by atoms with Crippen molar-refractivity contribution in [3.8, 4) is 11.1 Å². The van der Waals surface area contributed by atoms with Crippen LogP contribution in [0.4, 0.5) is 5.95 Å². The molecule has 2 aliphatic rings. The van der Waals surface area contributed by atoms with E-state index in [-0.39, 0.29) is 11.8 Å². The zero-order valence-electron chi connectivity index (χ0n) is 19.0. The number of amides is 1. The van der Waals surface area contributed by atoms with E-state index >= 15 is 0 Å². The van der Waals surface area contributed by atoms with Gasteiger partial charge in [-0.3, -0.25) is 14.8 Å². The van der Waals surface area contributed by atoms with Gasteiger partial charge in [0.25, 0.3) is 5.91 Å². The third-order valence-corrected chi connectivity index (χ3v) is 6.60. The molecule has 33 heavy (non-hydrogen) atoms. The highest BCUT2D eigenvalue weighted by atomic mass is 16.2. The largest absolute Gasteiger partial charge is 0.341 e. The third-order valence-electron chi connectivity index (χ3n) is 6.60. The third kappa shape index (κ3) is 4.69. The number of likely N-dealkylation sites (tertiary alicyclic amines) is 1. The van der Waals surface area contributed by atoms with Gasteiger partial charge in [0.15, 0.2) is 0 Å². The summed E-state index contributed by atoms with van der Waals surface area (Å²) in [6, 6.07) is 3.98. The van der Waals surface area contributed by atoms with Crippen LogP contribution in [-0.2, 0) is 0 Å². The van der Waals surface area contributed by atoms with Gasteiger partial charge in [-0.25, -0.2) is 15.0 Å². The van der Waals surface area contributed by atoms with Crippen LogP contribution in [0.3, 0.4) is 0 Å². The molecule has 0 spiro atoms. The molecule has 0 N–H and O–H groups in total. The minimum Gasteiger partial charge on any atom is -0.341 e. The fraction of sp³-hybridized carbons (Fsp3) is 0.440. The van der Waals surface area contributed by atoms with Gasteiger partial charge < -0.3 is 9.80 Å². The van der Waals surface area contributed by atoms with E-state index in [9.17, 15) is 4.79 Å². The van der Waals surface area contributed by atoms with Crippen molar-refractivity contribution in [3.63, 3.8) is 0 Å². The van der Waals surface area contributed by atoms with Crippen LogP contribution in [-0.4, -0.2) is 61.9 Å². The maximum Gasteiger partial charge on any atom is 0.274 e. The maximum absolute atomic E-state index is 13.1. The SMILES string of the molecule is CC1CCCN(c2ncc(-c3cccnc3)c(C3CCCN(C(=O)c4cnccn4)C3)n2)C1. The van der Waals surface area contributed by atoms with Crippen LogP contribution in [0.15, 0.2) is 49.3 Å². The van der Waals surface area contributed by atoms with Crippen molar-refractivity contribution in [2.24, 2.45) is 5.92 Å². The van der Waals surface area contributed by atoms with Crippen LogP contribution in [0.1, 0.15) is 54.7 Å². The molecule has 2 fully saturated rings. The minimum absolute atomic E-state index is 0.0742. The topological polar surface area (TPSA) is 88.0 Å². The number of pyridine rings is 1. The smallest absolute Gasteiger partial charge is 0.274 e. The highest BCUT2D eigenvalue weighted by molar-refractivity contribution is 5.92. The summed E-state index contributed by atoms with van der Waals surface area (Å²) in [4.78, 5) is 39.7. The molecular formula is C25H29N7O. The second kappa shape index (κ2) is 9.60. The summed E-state index contributed by atoms with van der Waals surface area (Å²) in [5.74, 6) is 1.48. The van der Waals surface area contributed by atoms with E-state index in [0.29, 0.717) is 18.2 Å². The van der Waals surface area contributed by atoms with E-state index in [1.165, 1.54) is 12.6 Å². The van der Waals surface area contributed by atoms with E-state index in [1.54, 1.807) is 18.6 Å². The molecule has 2 aliphatic heterocycles. The van der Waals surface area contributed by atoms with Gasteiger partial charge in [0.05, 0.1) is 11.9 Å². The summed E-state index contributed by atoms with van der Waals surface area (Å²) >= 11 is 0. The normalized spacial score (nSPS) is 21.1. The first-order chi connectivity index (χ1) is 16.2. The summed E-state index contributed by atoms with van der Waals surface area (Å²) in [5, 5.41) is 0. The molecule has 0 aliphatic carbocycles. The molecule has 0 bridgehead atoms. The number of carbonyl (C=O) groups is 1. The first-order valence-corrected chi connectivity index (χ1v) is 11.8. The molecule has 3 aromatic rings. The van der Waals surface area contributed by atoms with Crippen LogP contribution >= 0.6 is 0 Å². The van der Waals surface area contributed by atoms with Crippen LogP contribution in [0.25, 0.3) is 11.1 Å². The molecule has 2 unspecified atom stereocenters. The van der Waals surface area contributed by atoms with E-state index in [1.807, 2.05) is 29.4 Å². The van der Waals surface area contributed by atoms with Crippen molar-refractivity contribution in [3.05, 3.63) is 60.7 Å². The average Bonchev–Trinajstić information content (AvgIpc) is 2.89. The van der Waals surface area contributed by atoms with Crippen LogP contribution < -0.4 is 4.90 Å². The fourth-order valence-electron chi connectivity index (χ4n) is 4.92. The Morgan fingerprint density at radius 1 is 0.970 bits per heavy atom. The molecule has 0 aromatic carbocycles. The van der Waals surface area contributed by atoms with E-state index in [4.69, 9.17) is 9.97 Å². The molecule has 5 heterocycles. The predicted molar refractivity (Wildman–Crippen MR) is 126 cm³/mol. The number of nitrogens with zero attached hydrogens (tertiary/aromatic N) is 7. The molecular weight excluding hydrogens is 414 g/mol. The molecule has 2 atom stereocenters. The number of rotatable bonds is 4. The van der Waals surface area contributed by atoms with Gasteiger partial charge >= 0.3 is 0 Å². The molecule has 3 aromatic heterocycles. The molecule has 170 valence electrons. The zero-order valence-corrected chi connectivity index (χ0v) is 19.0. The van der Waals surface area contributed by atoms with Crippen molar-refractivity contribution in [2.75, 3.05) is 31.1 Å². The number of carbonyl (C=O) groups excluding carboxylic acids is 1. The number of anilines is 1. The van der Waals surface area contributed by atoms with Gasteiger partial charge in [-0.1, -0.05) is 13.0 Å². The Morgan fingerprint density at radius 3 is 2.64 bits per heavy atom. The molecule has 5 rings (SSSR count). The van der Waals surface area contributed by atoms with Crippen molar-refractivity contribution in [1.29, 1.82) is 0 Å². The van der Waals surface area contributed by atoms with Gasteiger partial charge in [0.2, 0.25) is 5.95 Å². The first-order valence-electron chi connectivity index (χ1n) is 11.8. The highest BCUT2D eigenvalue weighted by Crippen LogP contribution is 2.34. The average molecular weight is 444 g/mol. The number of aromatic nitrogens is 5.